The third-order valence-corrected chi connectivity index (χ3v) is 8.62. The van der Waals surface area contributed by atoms with E-state index in [0.717, 1.165) is 13.4 Å². The number of nitrogens with zero attached hydrogens (tertiary/aromatic N) is 1. The van der Waals surface area contributed by atoms with Crippen LogP contribution >= 0.6 is 34.4 Å². The number of rotatable bonds is 5. The van der Waals surface area contributed by atoms with Gasteiger partial charge in [0, 0.05) is 32.9 Å². The first-order chi connectivity index (χ1) is 13.7. The number of aliphatic carboxylic acids is 1. The number of hydrogen-bond donors (Lipinski definition) is 2. The van der Waals surface area contributed by atoms with Gasteiger partial charge in [0.2, 0.25) is 10.0 Å². The summed E-state index contributed by atoms with van der Waals surface area (Å²) in [6.07, 6.45) is 0. The van der Waals surface area contributed by atoms with Crippen molar-refractivity contribution in [3.63, 3.8) is 0 Å². The van der Waals surface area contributed by atoms with E-state index < -0.39 is 22.0 Å². The van der Waals surface area contributed by atoms with E-state index >= 15 is 0 Å². The second kappa shape index (κ2) is 9.02. The number of carboxylic acids is 1. The van der Waals surface area contributed by atoms with Crippen LogP contribution in [0, 0.1) is 10.5 Å². The number of hydrogen-bond acceptors (Lipinski definition) is 5. The standard InChI is InChI=1S/C19H19IN2O5S2/c1-12-2-3-13(10-16(12)20)18(23)21-14-4-6-15(7-5-14)29(26,27)22-8-9-28-11-17(22)19(24)25/h2-7,10,17H,8-9,11H2,1H3,(H,21,23)(H,24,25). The minimum absolute atomic E-state index is 0.00136. The first-order valence-corrected chi connectivity index (χ1v) is 12.4. The molecule has 1 amide bonds. The second-order valence-electron chi connectivity index (χ2n) is 6.49. The lowest BCUT2D eigenvalue weighted by Crippen LogP contribution is -2.50. The second-order valence-corrected chi connectivity index (χ2v) is 10.7. The molecule has 1 aliphatic rings. The van der Waals surface area contributed by atoms with Crippen molar-refractivity contribution in [3.05, 3.63) is 57.2 Å². The summed E-state index contributed by atoms with van der Waals surface area (Å²) < 4.78 is 27.8. The van der Waals surface area contributed by atoms with E-state index in [1.165, 1.54) is 36.0 Å². The van der Waals surface area contributed by atoms with Crippen molar-refractivity contribution < 1.29 is 23.1 Å². The Kier molecular flexibility index (Phi) is 6.87. The molecule has 0 radical (unpaired) electrons. The number of carbonyl (C=O) groups excluding carboxylic acids is 1. The largest absolute Gasteiger partial charge is 0.480 e. The summed E-state index contributed by atoms with van der Waals surface area (Å²) in [6, 6.07) is 10.0. The minimum Gasteiger partial charge on any atom is -0.480 e. The average Bonchev–Trinajstić information content (AvgIpc) is 2.70. The van der Waals surface area contributed by atoms with E-state index in [4.69, 9.17) is 0 Å². The van der Waals surface area contributed by atoms with Gasteiger partial charge >= 0.3 is 5.97 Å². The van der Waals surface area contributed by atoms with Crippen molar-refractivity contribution >= 4 is 61.9 Å². The number of amides is 1. The van der Waals surface area contributed by atoms with Crippen molar-refractivity contribution in [1.29, 1.82) is 0 Å². The normalized spacial score (nSPS) is 17.7. The summed E-state index contributed by atoms with van der Waals surface area (Å²) in [4.78, 5) is 23.8. The van der Waals surface area contributed by atoms with Gasteiger partial charge in [0.25, 0.3) is 5.91 Å². The third kappa shape index (κ3) is 4.93. The topological polar surface area (TPSA) is 104 Å². The van der Waals surface area contributed by atoms with Crippen LogP contribution in [0.5, 0.6) is 0 Å². The van der Waals surface area contributed by atoms with Crippen LogP contribution < -0.4 is 5.32 Å². The lowest BCUT2D eigenvalue weighted by atomic mass is 10.1. The third-order valence-electron chi connectivity index (χ3n) is 4.52. The van der Waals surface area contributed by atoms with Crippen molar-refractivity contribution in [2.24, 2.45) is 0 Å². The van der Waals surface area contributed by atoms with Crippen LogP contribution in [0.3, 0.4) is 0 Å². The molecular formula is C19H19IN2O5S2. The summed E-state index contributed by atoms with van der Waals surface area (Å²) >= 11 is 3.58. The molecule has 0 saturated carbocycles. The molecule has 1 saturated heterocycles. The molecule has 1 unspecified atom stereocenters. The van der Waals surface area contributed by atoms with Crippen LogP contribution in [-0.4, -0.2) is 53.8 Å². The van der Waals surface area contributed by atoms with Gasteiger partial charge in [0.1, 0.15) is 6.04 Å². The molecule has 2 N–H and O–H groups in total. The maximum absolute atomic E-state index is 12.9. The van der Waals surface area contributed by atoms with E-state index in [-0.39, 0.29) is 23.1 Å². The van der Waals surface area contributed by atoms with E-state index in [9.17, 15) is 23.1 Å². The van der Waals surface area contributed by atoms with Crippen LogP contribution in [0.25, 0.3) is 0 Å². The summed E-state index contributed by atoms with van der Waals surface area (Å²) in [7, 11) is -3.94. The number of carbonyl (C=O) groups is 2. The van der Waals surface area contributed by atoms with Gasteiger partial charge in [0.15, 0.2) is 0 Å². The van der Waals surface area contributed by atoms with Crippen molar-refractivity contribution in [1.82, 2.24) is 4.31 Å². The van der Waals surface area contributed by atoms with Crippen molar-refractivity contribution in [2.75, 3.05) is 23.4 Å². The molecule has 10 heteroatoms. The van der Waals surface area contributed by atoms with Crippen LogP contribution in [0.1, 0.15) is 15.9 Å². The fourth-order valence-corrected chi connectivity index (χ4v) is 6.20. The highest BCUT2D eigenvalue weighted by Gasteiger charge is 2.37. The fraction of sp³-hybridized carbons (Fsp3) is 0.263. The van der Waals surface area contributed by atoms with Gasteiger partial charge in [-0.3, -0.25) is 9.59 Å². The predicted octanol–water partition coefficient (Wildman–Crippen LogP) is 3.04. The Morgan fingerprint density at radius 2 is 1.90 bits per heavy atom. The summed E-state index contributed by atoms with van der Waals surface area (Å²) in [6.45, 7) is 2.10. The quantitative estimate of drug-likeness (QED) is 0.559. The van der Waals surface area contributed by atoms with Gasteiger partial charge in [-0.15, -0.1) is 0 Å². The van der Waals surface area contributed by atoms with E-state index in [1.807, 2.05) is 13.0 Å². The number of anilines is 1. The summed E-state index contributed by atoms with van der Waals surface area (Å²) in [5.41, 5.74) is 2.04. The maximum atomic E-state index is 12.9. The molecule has 29 heavy (non-hydrogen) atoms. The van der Waals surface area contributed by atoms with Gasteiger partial charge in [-0.2, -0.15) is 16.1 Å². The Morgan fingerprint density at radius 1 is 1.21 bits per heavy atom. The fourth-order valence-electron chi connectivity index (χ4n) is 2.85. The zero-order valence-corrected chi connectivity index (χ0v) is 19.3. The van der Waals surface area contributed by atoms with Gasteiger partial charge in [-0.1, -0.05) is 6.07 Å². The minimum atomic E-state index is -3.94. The highest BCUT2D eigenvalue weighted by molar-refractivity contribution is 14.1. The molecule has 3 rings (SSSR count). The highest BCUT2D eigenvalue weighted by Crippen LogP contribution is 2.26. The molecule has 1 heterocycles. The number of carboxylic acid groups (broad SMARTS) is 1. The number of nitrogens with one attached hydrogen (secondary N) is 1. The smallest absolute Gasteiger partial charge is 0.322 e. The maximum Gasteiger partial charge on any atom is 0.322 e. The van der Waals surface area contributed by atoms with Gasteiger partial charge in [0.05, 0.1) is 4.90 Å². The van der Waals surface area contributed by atoms with E-state index in [0.29, 0.717) is 17.0 Å². The molecule has 1 aliphatic heterocycles. The number of sulfonamides is 1. The van der Waals surface area contributed by atoms with Crippen LogP contribution in [-0.2, 0) is 14.8 Å². The Hall–Kier alpha value is -1.63. The Balaban J connectivity index is 1.77. The van der Waals surface area contributed by atoms with Gasteiger partial charge in [-0.25, -0.2) is 8.42 Å². The lowest BCUT2D eigenvalue weighted by Gasteiger charge is -2.31. The average molecular weight is 546 g/mol. The van der Waals surface area contributed by atoms with Crippen LogP contribution in [0.15, 0.2) is 47.4 Å². The molecule has 0 aliphatic carbocycles. The molecule has 2 aromatic rings. The number of aryl methyl sites for hydroxylation is 1. The SMILES string of the molecule is Cc1ccc(C(=O)Nc2ccc(S(=O)(=O)N3CCSCC3C(=O)O)cc2)cc1I. The Labute approximate surface area is 187 Å². The predicted molar refractivity (Wildman–Crippen MR) is 121 cm³/mol. The van der Waals surface area contributed by atoms with Crippen molar-refractivity contribution in [3.8, 4) is 0 Å². The van der Waals surface area contributed by atoms with E-state index in [2.05, 4.69) is 27.9 Å². The molecular weight excluding hydrogens is 527 g/mol. The number of benzene rings is 2. The van der Waals surface area contributed by atoms with Crippen LogP contribution in [0.2, 0.25) is 0 Å². The molecule has 154 valence electrons. The van der Waals surface area contributed by atoms with Crippen molar-refractivity contribution in [2.45, 2.75) is 17.9 Å². The molecule has 0 aromatic heterocycles. The molecule has 2 aromatic carbocycles. The molecule has 1 fully saturated rings. The van der Waals surface area contributed by atoms with E-state index in [1.54, 1.807) is 12.1 Å². The molecule has 0 bridgehead atoms. The Bertz CT molecular complexity index is 1040. The number of thioether (sulfide) groups is 1. The summed E-state index contributed by atoms with van der Waals surface area (Å²) in [5.74, 6) is -0.681. The number of halogens is 1. The molecule has 0 spiro atoms. The Morgan fingerprint density at radius 3 is 2.52 bits per heavy atom. The zero-order chi connectivity index (χ0) is 21.2. The highest BCUT2D eigenvalue weighted by atomic mass is 127. The summed E-state index contributed by atoms with van der Waals surface area (Å²) in [5, 5.41) is 12.1. The first kappa shape index (κ1) is 22.1. The molecule has 1 atom stereocenters. The van der Waals surface area contributed by atoms with Gasteiger partial charge in [-0.05, 0) is 71.5 Å². The van der Waals surface area contributed by atoms with Crippen LogP contribution in [0.4, 0.5) is 5.69 Å². The first-order valence-electron chi connectivity index (χ1n) is 8.70. The zero-order valence-electron chi connectivity index (χ0n) is 15.5. The lowest BCUT2D eigenvalue weighted by molar-refractivity contribution is -0.140. The monoisotopic (exact) mass is 546 g/mol. The van der Waals surface area contributed by atoms with Gasteiger partial charge < -0.3 is 10.4 Å². The molecule has 7 nitrogen and oxygen atoms in total.